The number of ether oxygens (including phenoxy) is 1. The molecule has 21 heavy (non-hydrogen) atoms. The van der Waals surface area contributed by atoms with Crippen LogP contribution in [0.15, 0.2) is 18.2 Å². The van der Waals surface area contributed by atoms with Gasteiger partial charge in [-0.1, -0.05) is 0 Å². The van der Waals surface area contributed by atoms with Crippen molar-refractivity contribution in [3.63, 3.8) is 0 Å². The van der Waals surface area contributed by atoms with Gasteiger partial charge < -0.3 is 10.1 Å². The van der Waals surface area contributed by atoms with Crippen LogP contribution in [0.1, 0.15) is 17.2 Å². The van der Waals surface area contributed by atoms with Crippen molar-refractivity contribution in [2.24, 2.45) is 0 Å². The van der Waals surface area contributed by atoms with E-state index in [2.05, 4.69) is 4.74 Å². The third-order valence-electron chi connectivity index (χ3n) is 2.71. The molecule has 0 aromatic heterocycles. The van der Waals surface area contributed by atoms with E-state index in [9.17, 15) is 31.1 Å². The Morgan fingerprint density at radius 3 is 2.48 bits per heavy atom. The summed E-state index contributed by atoms with van der Waals surface area (Å²) in [4.78, 5) is 10.9. The van der Waals surface area contributed by atoms with E-state index in [0.717, 1.165) is 0 Å². The third-order valence-corrected chi connectivity index (χ3v) is 2.71. The molecule has 0 radical (unpaired) electrons. The Hall–Kier alpha value is -1.64. The molecule has 2 rings (SSSR count). The first-order chi connectivity index (χ1) is 9.11. The summed E-state index contributed by atoms with van der Waals surface area (Å²) >= 11 is 0. The number of hydrogen-bond acceptors (Lipinski definition) is 2. The number of nitrogens with one attached hydrogen (secondary N) is 1. The molecule has 3 nitrogen and oxygen atoms in total. The number of hydrogen-bond donors (Lipinski definition) is 1. The Balaban J connectivity index is 0.00000220. The van der Waals surface area contributed by atoms with Crippen molar-refractivity contribution in [2.75, 3.05) is 6.61 Å². The molecule has 1 amide bonds. The minimum Gasteiger partial charge on any atom is -0.443 e. The zero-order chi connectivity index (χ0) is 15.1. The van der Waals surface area contributed by atoms with Crippen LogP contribution in [0.3, 0.4) is 0 Å². The van der Waals surface area contributed by atoms with Crippen LogP contribution in [0.4, 0.5) is 31.1 Å². The number of carbonyl (C=O) groups excluding carboxylic acids is 1. The summed E-state index contributed by atoms with van der Waals surface area (Å²) in [5.74, 6) is -4.91. The van der Waals surface area contributed by atoms with Crippen LogP contribution < -0.4 is 5.32 Å². The van der Waals surface area contributed by atoms with Gasteiger partial charge in [-0.25, -0.2) is 18.0 Å². The van der Waals surface area contributed by atoms with Gasteiger partial charge >= 0.3 is 18.2 Å². The Kier molecular flexibility index (Phi) is 4.66. The average molecular weight is 336 g/mol. The smallest absolute Gasteiger partial charge is 0.416 e. The molecule has 0 unspecified atom stereocenters. The SMILES string of the molecule is Cl.O=C1N[C@@H](c2cc(F)ccc2C(F)(F)F)C(F)(F)CO1. The number of cyclic esters (lactones) is 1. The molecule has 1 fully saturated rings. The standard InChI is InChI=1S/C11H7F6NO2.ClH/c12-5-1-2-7(11(15,16)17)6(3-5)8-10(13,14)4-20-9(19)18-8;/h1-3,8H,4H2,(H,18,19);1H/t8-;/m0./s1. The fourth-order valence-electron chi connectivity index (χ4n) is 1.85. The highest BCUT2D eigenvalue weighted by molar-refractivity contribution is 5.85. The number of benzene rings is 1. The van der Waals surface area contributed by atoms with Crippen LogP contribution in [0, 0.1) is 5.82 Å². The molecule has 1 aliphatic heterocycles. The molecule has 1 heterocycles. The fraction of sp³-hybridized carbons (Fsp3) is 0.364. The number of halogens is 7. The predicted octanol–water partition coefficient (Wildman–Crippen LogP) is 3.68. The Morgan fingerprint density at radius 2 is 1.90 bits per heavy atom. The molecule has 0 spiro atoms. The molecular formula is C11H8ClF6NO2. The lowest BCUT2D eigenvalue weighted by atomic mass is 9.94. The number of rotatable bonds is 1. The van der Waals surface area contributed by atoms with Gasteiger partial charge in [0.15, 0.2) is 6.61 Å². The van der Waals surface area contributed by atoms with Gasteiger partial charge in [0.25, 0.3) is 0 Å². The first kappa shape index (κ1) is 17.4. The summed E-state index contributed by atoms with van der Waals surface area (Å²) in [5, 5.41) is 1.58. The van der Waals surface area contributed by atoms with Gasteiger partial charge in [0.1, 0.15) is 11.9 Å². The zero-order valence-corrected chi connectivity index (χ0v) is 10.8. The van der Waals surface area contributed by atoms with Crippen LogP contribution in [-0.4, -0.2) is 18.6 Å². The molecule has 1 aromatic carbocycles. The van der Waals surface area contributed by atoms with Crippen LogP contribution in [0.25, 0.3) is 0 Å². The minimum absolute atomic E-state index is 0. The first-order valence-electron chi connectivity index (χ1n) is 5.29. The second-order valence-electron chi connectivity index (χ2n) is 4.14. The van der Waals surface area contributed by atoms with Gasteiger partial charge in [0, 0.05) is 0 Å². The van der Waals surface area contributed by atoms with Crippen LogP contribution in [0.2, 0.25) is 0 Å². The molecular weight excluding hydrogens is 328 g/mol. The quantitative estimate of drug-likeness (QED) is 0.795. The molecule has 0 saturated carbocycles. The monoisotopic (exact) mass is 335 g/mol. The molecule has 10 heteroatoms. The fourth-order valence-corrected chi connectivity index (χ4v) is 1.85. The number of carbonyl (C=O) groups is 1. The van der Waals surface area contributed by atoms with Crippen molar-refractivity contribution in [3.05, 3.63) is 35.1 Å². The lowest BCUT2D eigenvalue weighted by Gasteiger charge is -2.33. The number of alkyl carbamates (subject to hydrolysis) is 1. The molecule has 118 valence electrons. The normalized spacial score (nSPS) is 21.0. The molecule has 1 atom stereocenters. The highest BCUT2D eigenvalue weighted by Crippen LogP contribution is 2.41. The maximum Gasteiger partial charge on any atom is 0.416 e. The maximum absolute atomic E-state index is 13.6. The summed E-state index contributed by atoms with van der Waals surface area (Å²) in [6.45, 7) is -1.38. The average Bonchev–Trinajstić information content (AvgIpc) is 2.30. The molecule has 1 saturated heterocycles. The van der Waals surface area contributed by atoms with Crippen molar-refractivity contribution in [3.8, 4) is 0 Å². The Labute approximate surface area is 120 Å². The summed E-state index contributed by atoms with van der Waals surface area (Å²) in [7, 11) is 0. The second kappa shape index (κ2) is 5.63. The lowest BCUT2D eigenvalue weighted by Crippen LogP contribution is -2.50. The van der Waals surface area contributed by atoms with Crippen molar-refractivity contribution in [1.82, 2.24) is 5.32 Å². The van der Waals surface area contributed by atoms with Gasteiger partial charge in [0.05, 0.1) is 5.56 Å². The highest BCUT2D eigenvalue weighted by atomic mass is 35.5. The summed E-state index contributed by atoms with van der Waals surface area (Å²) in [6, 6.07) is -1.13. The first-order valence-corrected chi connectivity index (χ1v) is 5.29. The van der Waals surface area contributed by atoms with Crippen molar-refractivity contribution in [1.29, 1.82) is 0 Å². The van der Waals surface area contributed by atoms with Gasteiger partial charge in [-0.05, 0) is 23.8 Å². The van der Waals surface area contributed by atoms with Gasteiger partial charge in [-0.2, -0.15) is 13.2 Å². The summed E-state index contributed by atoms with van der Waals surface area (Å²) < 4.78 is 82.6. The van der Waals surface area contributed by atoms with E-state index in [1.54, 1.807) is 5.32 Å². The zero-order valence-electron chi connectivity index (χ0n) is 10.0. The molecule has 1 aliphatic rings. The molecule has 0 bridgehead atoms. The van der Waals surface area contributed by atoms with E-state index in [1.807, 2.05) is 0 Å². The van der Waals surface area contributed by atoms with Crippen LogP contribution in [0.5, 0.6) is 0 Å². The van der Waals surface area contributed by atoms with Crippen molar-refractivity contribution < 1.29 is 35.9 Å². The Bertz CT molecular complexity index is 548. The highest BCUT2D eigenvalue weighted by Gasteiger charge is 2.50. The van der Waals surface area contributed by atoms with Crippen molar-refractivity contribution in [2.45, 2.75) is 18.1 Å². The van der Waals surface area contributed by atoms with E-state index < -0.39 is 47.8 Å². The van der Waals surface area contributed by atoms with E-state index in [1.165, 1.54) is 0 Å². The molecule has 1 aromatic rings. The molecule has 0 aliphatic carbocycles. The van der Waals surface area contributed by atoms with Gasteiger partial charge in [0.2, 0.25) is 0 Å². The molecule has 1 N–H and O–H groups in total. The Morgan fingerprint density at radius 1 is 1.29 bits per heavy atom. The minimum atomic E-state index is -4.96. The van der Waals surface area contributed by atoms with Crippen molar-refractivity contribution >= 4 is 18.5 Å². The third kappa shape index (κ3) is 3.52. The largest absolute Gasteiger partial charge is 0.443 e. The second-order valence-corrected chi connectivity index (χ2v) is 4.14. The van der Waals surface area contributed by atoms with Crippen LogP contribution in [-0.2, 0) is 10.9 Å². The number of alkyl halides is 5. The van der Waals surface area contributed by atoms with E-state index in [-0.39, 0.29) is 12.4 Å². The summed E-state index contributed by atoms with van der Waals surface area (Å²) in [6.07, 6.45) is -6.25. The van der Waals surface area contributed by atoms with E-state index in [4.69, 9.17) is 0 Å². The predicted molar refractivity (Wildman–Crippen MR) is 60.8 cm³/mol. The van der Waals surface area contributed by atoms with E-state index in [0.29, 0.717) is 18.2 Å². The lowest BCUT2D eigenvalue weighted by molar-refractivity contribution is -0.141. The number of amides is 1. The van der Waals surface area contributed by atoms with Gasteiger partial charge in [-0.3, -0.25) is 0 Å². The van der Waals surface area contributed by atoms with Gasteiger partial charge in [-0.15, -0.1) is 12.4 Å². The maximum atomic E-state index is 13.6. The van der Waals surface area contributed by atoms with E-state index >= 15 is 0 Å². The summed E-state index contributed by atoms with van der Waals surface area (Å²) in [5.41, 5.74) is -2.48. The topological polar surface area (TPSA) is 38.3 Å². The van der Waals surface area contributed by atoms with Crippen LogP contribution >= 0.6 is 12.4 Å².